The maximum absolute atomic E-state index is 12.6. The Balaban J connectivity index is 2.84. The molecule has 2 amide bonds. The number of amides is 2. The first-order valence-corrected chi connectivity index (χ1v) is 6.17. The van der Waals surface area contributed by atoms with Crippen molar-refractivity contribution in [1.82, 2.24) is 5.32 Å². The maximum Gasteiger partial charge on any atom is 0.416 e. The van der Waals surface area contributed by atoms with Crippen LogP contribution in [0.3, 0.4) is 0 Å². The topological polar surface area (TPSA) is 98.2 Å². The molecule has 0 spiro atoms. The molecule has 5 nitrogen and oxygen atoms in total. The SMILES string of the molecule is C[C@H](CCC(N)=O)NC(=O)c1cc(C(F)(F)F)ccc1N. The Morgan fingerprint density at radius 1 is 1.33 bits per heavy atom. The molecule has 0 aliphatic heterocycles. The summed E-state index contributed by atoms with van der Waals surface area (Å²) in [6.45, 7) is 1.62. The van der Waals surface area contributed by atoms with Gasteiger partial charge in [0.05, 0.1) is 11.1 Å². The average molecular weight is 303 g/mol. The van der Waals surface area contributed by atoms with Gasteiger partial charge in [0.25, 0.3) is 5.91 Å². The Morgan fingerprint density at radius 3 is 2.48 bits per heavy atom. The lowest BCUT2D eigenvalue weighted by Crippen LogP contribution is -2.34. The first-order chi connectivity index (χ1) is 9.61. The minimum atomic E-state index is -4.56. The summed E-state index contributed by atoms with van der Waals surface area (Å²) < 4.78 is 37.8. The van der Waals surface area contributed by atoms with Gasteiger partial charge in [0.1, 0.15) is 0 Å². The van der Waals surface area contributed by atoms with Gasteiger partial charge >= 0.3 is 6.18 Å². The molecule has 0 radical (unpaired) electrons. The quantitative estimate of drug-likeness (QED) is 0.722. The van der Waals surface area contributed by atoms with Crippen molar-refractivity contribution in [1.29, 1.82) is 0 Å². The van der Waals surface area contributed by atoms with Crippen LogP contribution in [0.2, 0.25) is 0 Å². The maximum atomic E-state index is 12.6. The third-order valence-electron chi connectivity index (χ3n) is 2.83. The van der Waals surface area contributed by atoms with Gasteiger partial charge in [-0.15, -0.1) is 0 Å². The van der Waals surface area contributed by atoms with Crippen molar-refractivity contribution in [2.45, 2.75) is 32.0 Å². The van der Waals surface area contributed by atoms with Crippen molar-refractivity contribution < 1.29 is 22.8 Å². The van der Waals surface area contributed by atoms with E-state index < -0.39 is 29.6 Å². The Kier molecular flexibility index (Phi) is 5.17. The van der Waals surface area contributed by atoms with Crippen molar-refractivity contribution in [3.8, 4) is 0 Å². The summed E-state index contributed by atoms with van der Waals surface area (Å²) in [6.07, 6.45) is -4.19. The Bertz CT molecular complexity index is 544. The van der Waals surface area contributed by atoms with E-state index in [1.807, 2.05) is 0 Å². The summed E-state index contributed by atoms with van der Waals surface area (Å²) >= 11 is 0. The summed E-state index contributed by atoms with van der Waals surface area (Å²) in [5, 5.41) is 2.48. The second-order valence-corrected chi connectivity index (χ2v) is 4.68. The normalized spacial score (nSPS) is 12.8. The molecule has 0 aliphatic carbocycles. The number of primary amides is 1. The number of hydrogen-bond acceptors (Lipinski definition) is 3. The monoisotopic (exact) mass is 303 g/mol. The van der Waals surface area contributed by atoms with Crippen molar-refractivity contribution >= 4 is 17.5 Å². The Labute approximate surface area is 119 Å². The number of nitrogens with two attached hydrogens (primary N) is 2. The van der Waals surface area contributed by atoms with Crippen molar-refractivity contribution in [2.24, 2.45) is 5.73 Å². The first-order valence-electron chi connectivity index (χ1n) is 6.17. The van der Waals surface area contributed by atoms with Crippen molar-refractivity contribution in [2.75, 3.05) is 5.73 Å². The number of rotatable bonds is 5. The smallest absolute Gasteiger partial charge is 0.398 e. The molecule has 5 N–H and O–H groups in total. The molecule has 1 atom stereocenters. The van der Waals surface area contributed by atoms with Gasteiger partial charge in [-0.1, -0.05) is 0 Å². The summed E-state index contributed by atoms with van der Waals surface area (Å²) in [7, 11) is 0. The molecule has 0 aliphatic rings. The van der Waals surface area contributed by atoms with Crippen LogP contribution in [-0.4, -0.2) is 17.9 Å². The number of carbonyl (C=O) groups excluding carboxylic acids is 2. The van der Waals surface area contributed by atoms with Crippen LogP contribution in [0.15, 0.2) is 18.2 Å². The van der Waals surface area contributed by atoms with Gasteiger partial charge in [-0.2, -0.15) is 13.2 Å². The van der Waals surface area contributed by atoms with Gasteiger partial charge in [0.2, 0.25) is 5.91 Å². The second-order valence-electron chi connectivity index (χ2n) is 4.68. The van der Waals surface area contributed by atoms with E-state index in [2.05, 4.69) is 5.32 Å². The predicted molar refractivity (Wildman–Crippen MR) is 71.2 cm³/mol. The number of nitrogens with one attached hydrogen (secondary N) is 1. The van der Waals surface area contributed by atoms with Gasteiger partial charge in [-0.25, -0.2) is 0 Å². The van der Waals surface area contributed by atoms with Crippen LogP contribution >= 0.6 is 0 Å². The molecule has 0 aromatic heterocycles. The van der Waals surface area contributed by atoms with Crippen LogP contribution < -0.4 is 16.8 Å². The van der Waals surface area contributed by atoms with Crippen LogP contribution in [-0.2, 0) is 11.0 Å². The van der Waals surface area contributed by atoms with E-state index in [1.165, 1.54) is 0 Å². The first kappa shape index (κ1) is 16.8. The highest BCUT2D eigenvalue weighted by Gasteiger charge is 2.31. The fraction of sp³-hybridized carbons (Fsp3) is 0.385. The average Bonchev–Trinajstić information content (AvgIpc) is 2.35. The van der Waals surface area contributed by atoms with E-state index in [9.17, 15) is 22.8 Å². The Morgan fingerprint density at radius 2 is 1.95 bits per heavy atom. The molecule has 0 heterocycles. The molecule has 1 aromatic rings. The van der Waals surface area contributed by atoms with Gasteiger partial charge in [-0.05, 0) is 31.5 Å². The number of hydrogen-bond donors (Lipinski definition) is 3. The molecule has 0 bridgehead atoms. The molecule has 0 unspecified atom stereocenters. The third kappa shape index (κ3) is 4.97. The zero-order valence-corrected chi connectivity index (χ0v) is 11.3. The van der Waals surface area contributed by atoms with Gasteiger partial charge < -0.3 is 16.8 Å². The van der Waals surface area contributed by atoms with Crippen LogP contribution in [0, 0.1) is 0 Å². The van der Waals surface area contributed by atoms with E-state index in [4.69, 9.17) is 11.5 Å². The summed E-state index contributed by atoms with van der Waals surface area (Å²) in [5.74, 6) is -1.25. The van der Waals surface area contributed by atoms with Gasteiger partial charge in [0.15, 0.2) is 0 Å². The third-order valence-corrected chi connectivity index (χ3v) is 2.83. The lowest BCUT2D eigenvalue weighted by atomic mass is 10.1. The zero-order chi connectivity index (χ0) is 16.2. The Hall–Kier alpha value is -2.25. The van der Waals surface area contributed by atoms with E-state index >= 15 is 0 Å². The van der Waals surface area contributed by atoms with Gasteiger partial charge in [0, 0.05) is 18.2 Å². The lowest BCUT2D eigenvalue weighted by molar-refractivity contribution is -0.137. The number of anilines is 1. The number of benzene rings is 1. The molecule has 0 saturated carbocycles. The minimum Gasteiger partial charge on any atom is -0.398 e. The molecule has 1 rings (SSSR count). The molecule has 116 valence electrons. The van der Waals surface area contributed by atoms with Crippen LogP contribution in [0.4, 0.5) is 18.9 Å². The molecule has 21 heavy (non-hydrogen) atoms. The molecule has 8 heteroatoms. The van der Waals surface area contributed by atoms with Crippen LogP contribution in [0.5, 0.6) is 0 Å². The molecular weight excluding hydrogens is 287 g/mol. The molecule has 0 fully saturated rings. The second kappa shape index (κ2) is 6.47. The van der Waals surface area contributed by atoms with Crippen LogP contribution in [0.1, 0.15) is 35.7 Å². The van der Waals surface area contributed by atoms with E-state index in [0.29, 0.717) is 12.5 Å². The lowest BCUT2D eigenvalue weighted by Gasteiger charge is -2.15. The number of halogens is 3. The predicted octanol–water partition coefficient (Wildman–Crippen LogP) is 1.67. The van der Waals surface area contributed by atoms with Gasteiger partial charge in [-0.3, -0.25) is 9.59 Å². The number of alkyl halides is 3. The summed E-state index contributed by atoms with van der Waals surface area (Å²) in [5.41, 5.74) is 9.25. The highest BCUT2D eigenvalue weighted by atomic mass is 19.4. The zero-order valence-electron chi connectivity index (χ0n) is 11.3. The summed E-state index contributed by atoms with van der Waals surface area (Å²) in [6, 6.07) is 2.12. The molecular formula is C13H16F3N3O2. The highest BCUT2D eigenvalue weighted by molar-refractivity contribution is 5.99. The number of nitrogen functional groups attached to an aromatic ring is 1. The molecule has 0 saturated heterocycles. The fourth-order valence-electron chi connectivity index (χ4n) is 1.66. The molecule has 1 aromatic carbocycles. The fourth-order valence-corrected chi connectivity index (χ4v) is 1.66. The standard InChI is InChI=1S/C13H16F3N3O2/c1-7(2-5-11(18)20)19-12(21)9-6-8(13(14,15)16)3-4-10(9)17/h3-4,6-7H,2,5,17H2,1H3,(H2,18,20)(H,19,21)/t7-/m1/s1. The highest BCUT2D eigenvalue weighted by Crippen LogP contribution is 2.31. The minimum absolute atomic E-state index is 0.0531. The summed E-state index contributed by atoms with van der Waals surface area (Å²) in [4.78, 5) is 22.6. The number of carbonyl (C=O) groups is 2. The van der Waals surface area contributed by atoms with E-state index in [0.717, 1.165) is 12.1 Å². The van der Waals surface area contributed by atoms with Crippen molar-refractivity contribution in [3.05, 3.63) is 29.3 Å². The van der Waals surface area contributed by atoms with E-state index in [-0.39, 0.29) is 17.7 Å². The van der Waals surface area contributed by atoms with Crippen molar-refractivity contribution in [3.63, 3.8) is 0 Å². The van der Waals surface area contributed by atoms with E-state index in [1.54, 1.807) is 6.92 Å². The van der Waals surface area contributed by atoms with Crippen LogP contribution in [0.25, 0.3) is 0 Å². The largest absolute Gasteiger partial charge is 0.416 e.